The predicted octanol–water partition coefficient (Wildman–Crippen LogP) is 0.414. The van der Waals surface area contributed by atoms with E-state index >= 15 is 0 Å². The molecule has 0 radical (unpaired) electrons. The van der Waals surface area contributed by atoms with E-state index in [2.05, 4.69) is 5.32 Å². The van der Waals surface area contributed by atoms with Crippen molar-refractivity contribution in [3.8, 4) is 0 Å². The molecule has 17 heavy (non-hydrogen) atoms. The highest BCUT2D eigenvalue weighted by Gasteiger charge is 2.11. The summed E-state index contributed by atoms with van der Waals surface area (Å²) in [6, 6.07) is 0. The summed E-state index contributed by atoms with van der Waals surface area (Å²) in [4.78, 5) is 23.9. The largest absolute Gasteiger partial charge is 0.393 e. The van der Waals surface area contributed by atoms with Gasteiger partial charge in [0.1, 0.15) is 6.54 Å². The molecule has 1 atom stereocenters. The minimum atomic E-state index is -0.428. The Labute approximate surface area is 104 Å². The van der Waals surface area contributed by atoms with E-state index in [4.69, 9.17) is 5.11 Å². The molecule has 5 nitrogen and oxygen atoms in total. The number of aliphatic hydroxyl groups excluding tert-OH is 1. The van der Waals surface area contributed by atoms with Crippen LogP contribution in [0.15, 0.2) is 4.79 Å². The molecule has 0 aliphatic rings. The highest BCUT2D eigenvalue weighted by Crippen LogP contribution is 2.08. The number of amides is 1. The van der Waals surface area contributed by atoms with Gasteiger partial charge in [-0.05, 0) is 27.2 Å². The average Bonchev–Trinajstić information content (AvgIpc) is 2.44. The van der Waals surface area contributed by atoms with Crippen LogP contribution in [0.3, 0.4) is 0 Å². The Bertz CT molecular complexity index is 448. The van der Waals surface area contributed by atoms with Crippen LogP contribution in [0.1, 0.15) is 23.9 Å². The number of hydrogen-bond donors (Lipinski definition) is 2. The molecule has 1 aromatic heterocycles. The zero-order valence-electron chi connectivity index (χ0n) is 10.3. The van der Waals surface area contributed by atoms with Gasteiger partial charge >= 0.3 is 4.87 Å². The van der Waals surface area contributed by atoms with E-state index in [1.54, 1.807) is 6.92 Å². The second-order valence-corrected chi connectivity index (χ2v) is 5.25. The van der Waals surface area contributed by atoms with Crippen molar-refractivity contribution in [2.24, 2.45) is 0 Å². The Kier molecular flexibility index (Phi) is 4.89. The van der Waals surface area contributed by atoms with E-state index < -0.39 is 6.10 Å². The van der Waals surface area contributed by atoms with E-state index in [-0.39, 0.29) is 17.3 Å². The molecular formula is C11H18N2O3S. The molecule has 6 heteroatoms. The van der Waals surface area contributed by atoms with Crippen molar-refractivity contribution >= 4 is 17.2 Å². The van der Waals surface area contributed by atoms with Crippen LogP contribution in [0.2, 0.25) is 0 Å². The van der Waals surface area contributed by atoms with Crippen LogP contribution in [0.5, 0.6) is 0 Å². The van der Waals surface area contributed by atoms with Gasteiger partial charge in [-0.1, -0.05) is 11.3 Å². The SMILES string of the molecule is Cc1sc(=O)n(CC(=O)NCCC(C)O)c1C. The molecule has 0 aliphatic carbocycles. The highest BCUT2D eigenvalue weighted by molar-refractivity contribution is 7.09. The lowest BCUT2D eigenvalue weighted by Crippen LogP contribution is -2.32. The van der Waals surface area contributed by atoms with Gasteiger partial charge in [0.05, 0.1) is 6.10 Å². The van der Waals surface area contributed by atoms with Crippen LogP contribution >= 0.6 is 11.3 Å². The number of hydrogen-bond acceptors (Lipinski definition) is 4. The number of thiazole rings is 1. The maximum Gasteiger partial charge on any atom is 0.308 e. The number of aryl methyl sites for hydroxylation is 1. The molecule has 1 heterocycles. The van der Waals surface area contributed by atoms with Gasteiger partial charge in [0.2, 0.25) is 5.91 Å². The van der Waals surface area contributed by atoms with E-state index in [9.17, 15) is 9.59 Å². The molecule has 2 N–H and O–H groups in total. The maximum atomic E-state index is 11.6. The predicted molar refractivity (Wildman–Crippen MR) is 67.4 cm³/mol. The summed E-state index contributed by atoms with van der Waals surface area (Å²) in [5.41, 5.74) is 0.839. The first-order valence-corrected chi connectivity index (χ1v) is 6.35. The third-order valence-electron chi connectivity index (χ3n) is 2.56. The molecule has 0 bridgehead atoms. The molecule has 0 aromatic carbocycles. The summed E-state index contributed by atoms with van der Waals surface area (Å²) in [7, 11) is 0. The fourth-order valence-corrected chi connectivity index (χ4v) is 2.22. The van der Waals surface area contributed by atoms with Crippen LogP contribution in [-0.2, 0) is 11.3 Å². The zero-order chi connectivity index (χ0) is 13.0. The lowest BCUT2D eigenvalue weighted by molar-refractivity contribution is -0.121. The third kappa shape index (κ3) is 3.98. The quantitative estimate of drug-likeness (QED) is 0.803. The van der Waals surface area contributed by atoms with Gasteiger partial charge in [0.25, 0.3) is 0 Å². The summed E-state index contributed by atoms with van der Waals surface area (Å²) in [5.74, 6) is -0.200. The molecule has 0 spiro atoms. The number of nitrogens with zero attached hydrogens (tertiary/aromatic N) is 1. The van der Waals surface area contributed by atoms with E-state index in [1.807, 2.05) is 13.8 Å². The van der Waals surface area contributed by atoms with Gasteiger partial charge in [-0.25, -0.2) is 0 Å². The van der Waals surface area contributed by atoms with Crippen LogP contribution in [-0.4, -0.2) is 28.2 Å². The Morgan fingerprint density at radius 2 is 2.18 bits per heavy atom. The molecule has 0 saturated heterocycles. The minimum Gasteiger partial charge on any atom is -0.393 e. The number of rotatable bonds is 5. The summed E-state index contributed by atoms with van der Waals surface area (Å²) < 4.78 is 1.47. The maximum absolute atomic E-state index is 11.6. The Balaban J connectivity index is 2.54. The van der Waals surface area contributed by atoms with Gasteiger partial charge in [0, 0.05) is 17.1 Å². The van der Waals surface area contributed by atoms with Gasteiger partial charge in [0.15, 0.2) is 0 Å². The second kappa shape index (κ2) is 5.97. The zero-order valence-corrected chi connectivity index (χ0v) is 11.1. The third-order valence-corrected chi connectivity index (χ3v) is 3.56. The van der Waals surface area contributed by atoms with Crippen molar-refractivity contribution in [2.45, 2.75) is 39.8 Å². The van der Waals surface area contributed by atoms with Crippen LogP contribution in [0.25, 0.3) is 0 Å². The Hall–Kier alpha value is -1.14. The number of carbonyl (C=O) groups is 1. The molecule has 1 rings (SSSR count). The monoisotopic (exact) mass is 258 g/mol. The molecule has 0 aliphatic heterocycles. The summed E-state index contributed by atoms with van der Waals surface area (Å²) in [6.07, 6.45) is 0.0885. The van der Waals surface area contributed by atoms with E-state index in [0.717, 1.165) is 21.9 Å². The van der Waals surface area contributed by atoms with Crippen molar-refractivity contribution in [1.82, 2.24) is 9.88 Å². The van der Waals surface area contributed by atoms with Gasteiger partial charge < -0.3 is 10.4 Å². The molecular weight excluding hydrogens is 240 g/mol. The molecule has 0 fully saturated rings. The van der Waals surface area contributed by atoms with Crippen molar-refractivity contribution in [3.63, 3.8) is 0 Å². The lowest BCUT2D eigenvalue weighted by Gasteiger charge is -2.08. The molecule has 96 valence electrons. The van der Waals surface area contributed by atoms with E-state index in [1.165, 1.54) is 4.57 Å². The molecule has 1 aromatic rings. The van der Waals surface area contributed by atoms with E-state index in [0.29, 0.717) is 13.0 Å². The van der Waals surface area contributed by atoms with Gasteiger partial charge in [-0.3, -0.25) is 14.2 Å². The number of aliphatic hydroxyl groups is 1. The number of aromatic nitrogens is 1. The Morgan fingerprint density at radius 1 is 1.53 bits per heavy atom. The summed E-state index contributed by atoms with van der Waals surface area (Å²) in [5, 5.41) is 11.7. The van der Waals surface area contributed by atoms with Gasteiger partial charge in [-0.2, -0.15) is 0 Å². The molecule has 1 unspecified atom stereocenters. The number of carbonyl (C=O) groups excluding carboxylic acids is 1. The molecule has 0 saturated carbocycles. The van der Waals surface area contributed by atoms with Gasteiger partial charge in [-0.15, -0.1) is 0 Å². The first-order valence-electron chi connectivity index (χ1n) is 5.53. The van der Waals surface area contributed by atoms with Crippen LogP contribution in [0.4, 0.5) is 0 Å². The topological polar surface area (TPSA) is 71.3 Å². The summed E-state index contributed by atoms with van der Waals surface area (Å²) in [6.45, 7) is 5.84. The normalized spacial score (nSPS) is 12.5. The number of nitrogens with one attached hydrogen (secondary N) is 1. The smallest absolute Gasteiger partial charge is 0.308 e. The minimum absolute atomic E-state index is 0.0504. The fourth-order valence-electron chi connectivity index (χ4n) is 1.39. The van der Waals surface area contributed by atoms with Crippen LogP contribution in [0, 0.1) is 13.8 Å². The molecule has 1 amide bonds. The highest BCUT2D eigenvalue weighted by atomic mass is 32.1. The van der Waals surface area contributed by atoms with Crippen molar-refractivity contribution in [2.75, 3.05) is 6.54 Å². The fraction of sp³-hybridized carbons (Fsp3) is 0.636. The van der Waals surface area contributed by atoms with Crippen molar-refractivity contribution < 1.29 is 9.90 Å². The summed E-state index contributed by atoms with van der Waals surface area (Å²) >= 11 is 1.15. The van der Waals surface area contributed by atoms with Crippen molar-refractivity contribution in [3.05, 3.63) is 20.2 Å². The first-order chi connectivity index (χ1) is 7.91. The lowest BCUT2D eigenvalue weighted by atomic mass is 10.3. The van der Waals surface area contributed by atoms with Crippen molar-refractivity contribution in [1.29, 1.82) is 0 Å². The second-order valence-electron chi connectivity index (χ2n) is 4.08. The van der Waals surface area contributed by atoms with Crippen LogP contribution < -0.4 is 10.2 Å². The Morgan fingerprint density at radius 3 is 2.65 bits per heavy atom. The standard InChI is InChI=1S/C11H18N2O3S/c1-7(14)4-5-12-10(15)6-13-8(2)9(3)17-11(13)16/h7,14H,4-6H2,1-3H3,(H,12,15). The first kappa shape index (κ1) is 13.9. The average molecular weight is 258 g/mol.